The summed E-state index contributed by atoms with van der Waals surface area (Å²) in [5.74, 6) is -5.76. The van der Waals surface area contributed by atoms with E-state index in [-0.39, 0.29) is 6.61 Å². The number of likely N-dealkylation sites (tertiary alicyclic amines) is 1. The average Bonchev–Trinajstić information content (AvgIpc) is 2.73. The quantitative estimate of drug-likeness (QED) is 0.768. The van der Waals surface area contributed by atoms with Crippen LogP contribution in [0.5, 0.6) is 0 Å². The Morgan fingerprint density at radius 2 is 2.00 bits per heavy atom. The summed E-state index contributed by atoms with van der Waals surface area (Å²) in [6.45, 7) is 0.818. The van der Waals surface area contributed by atoms with Crippen molar-refractivity contribution in [2.24, 2.45) is 11.8 Å². The molecule has 1 heterocycles. The number of ether oxygens (including phenoxy) is 1. The molecule has 0 spiro atoms. The second-order valence-corrected chi connectivity index (χ2v) is 4.44. The standard InChI is InChI=1S/C11H16F3NO4/c1-2-3-19-6-9(16)15-4-7(10(17)18)8(5-15)11(12,13)14/h7-8H,2-6H2,1H3,(H,17,18)/t7-,8-/m1/s1. The number of carbonyl (C=O) groups excluding carboxylic acids is 1. The van der Waals surface area contributed by atoms with E-state index in [2.05, 4.69) is 0 Å². The van der Waals surface area contributed by atoms with Gasteiger partial charge in [0.2, 0.25) is 5.91 Å². The molecule has 0 aromatic rings. The third-order valence-corrected chi connectivity index (χ3v) is 2.98. The molecule has 1 fully saturated rings. The van der Waals surface area contributed by atoms with Gasteiger partial charge in [-0.15, -0.1) is 0 Å². The SMILES string of the molecule is CCCOCC(=O)N1C[C@@H](C(F)(F)F)[C@H](C(=O)O)C1. The third-order valence-electron chi connectivity index (χ3n) is 2.98. The lowest BCUT2D eigenvalue weighted by Crippen LogP contribution is -2.34. The van der Waals surface area contributed by atoms with E-state index in [1.54, 1.807) is 0 Å². The van der Waals surface area contributed by atoms with Crippen LogP contribution < -0.4 is 0 Å². The van der Waals surface area contributed by atoms with Gasteiger partial charge >= 0.3 is 12.1 Å². The van der Waals surface area contributed by atoms with Crippen LogP contribution in [-0.2, 0) is 14.3 Å². The third kappa shape index (κ3) is 4.09. The smallest absolute Gasteiger partial charge is 0.394 e. The van der Waals surface area contributed by atoms with Crippen molar-refractivity contribution in [3.05, 3.63) is 0 Å². The highest BCUT2D eigenvalue weighted by Crippen LogP contribution is 2.37. The van der Waals surface area contributed by atoms with Crippen LogP contribution in [0.4, 0.5) is 13.2 Å². The maximum absolute atomic E-state index is 12.7. The predicted molar refractivity (Wildman–Crippen MR) is 58.4 cm³/mol. The molecule has 1 aliphatic rings. The topological polar surface area (TPSA) is 66.8 Å². The molecule has 0 unspecified atom stereocenters. The lowest BCUT2D eigenvalue weighted by Gasteiger charge is -2.18. The molecule has 1 aliphatic heterocycles. The largest absolute Gasteiger partial charge is 0.481 e. The zero-order chi connectivity index (χ0) is 14.6. The predicted octanol–water partition coefficient (Wildman–Crippen LogP) is 1.13. The number of hydrogen-bond donors (Lipinski definition) is 1. The van der Waals surface area contributed by atoms with Crippen molar-refractivity contribution in [2.75, 3.05) is 26.3 Å². The van der Waals surface area contributed by atoms with Crippen LogP contribution in [0.15, 0.2) is 0 Å². The molecule has 8 heteroatoms. The Labute approximate surface area is 108 Å². The fraction of sp³-hybridized carbons (Fsp3) is 0.818. The van der Waals surface area contributed by atoms with Crippen LogP contribution >= 0.6 is 0 Å². The van der Waals surface area contributed by atoms with Crippen molar-refractivity contribution in [1.29, 1.82) is 0 Å². The maximum Gasteiger partial charge on any atom is 0.394 e. The normalized spacial score (nSPS) is 23.7. The van der Waals surface area contributed by atoms with Crippen molar-refractivity contribution in [1.82, 2.24) is 4.90 Å². The van der Waals surface area contributed by atoms with E-state index in [0.717, 1.165) is 4.90 Å². The summed E-state index contributed by atoms with van der Waals surface area (Å²) in [5.41, 5.74) is 0. The van der Waals surface area contributed by atoms with Gasteiger partial charge in [-0.25, -0.2) is 0 Å². The van der Waals surface area contributed by atoms with Gasteiger partial charge in [-0.05, 0) is 6.42 Å². The van der Waals surface area contributed by atoms with Gasteiger partial charge < -0.3 is 14.7 Å². The molecule has 19 heavy (non-hydrogen) atoms. The first-order chi connectivity index (χ1) is 8.77. The van der Waals surface area contributed by atoms with Crippen LogP contribution in [-0.4, -0.2) is 54.4 Å². The summed E-state index contributed by atoms with van der Waals surface area (Å²) in [5, 5.41) is 8.79. The molecule has 110 valence electrons. The zero-order valence-corrected chi connectivity index (χ0v) is 10.4. The zero-order valence-electron chi connectivity index (χ0n) is 10.4. The summed E-state index contributed by atoms with van der Waals surface area (Å²) in [4.78, 5) is 23.3. The van der Waals surface area contributed by atoms with E-state index >= 15 is 0 Å². The summed E-state index contributed by atoms with van der Waals surface area (Å²) >= 11 is 0. The molecular weight excluding hydrogens is 267 g/mol. The molecule has 0 aromatic heterocycles. The first-order valence-electron chi connectivity index (χ1n) is 5.92. The number of rotatable bonds is 5. The molecule has 0 saturated carbocycles. The van der Waals surface area contributed by atoms with Gasteiger partial charge in [0.05, 0.1) is 11.8 Å². The second-order valence-electron chi connectivity index (χ2n) is 4.44. The first-order valence-corrected chi connectivity index (χ1v) is 5.92. The van der Waals surface area contributed by atoms with Gasteiger partial charge in [0.25, 0.3) is 0 Å². The van der Waals surface area contributed by atoms with Gasteiger partial charge in [0, 0.05) is 19.7 Å². The van der Waals surface area contributed by atoms with Crippen LogP contribution in [0.2, 0.25) is 0 Å². The lowest BCUT2D eigenvalue weighted by atomic mass is 9.96. The number of aliphatic carboxylic acids is 1. The minimum absolute atomic E-state index is 0.315. The average molecular weight is 283 g/mol. The van der Waals surface area contributed by atoms with E-state index < -0.39 is 43.0 Å². The van der Waals surface area contributed by atoms with Crippen LogP contribution in [0.1, 0.15) is 13.3 Å². The summed E-state index contributed by atoms with van der Waals surface area (Å²) in [6, 6.07) is 0. The van der Waals surface area contributed by atoms with Crippen molar-refractivity contribution < 1.29 is 32.6 Å². The van der Waals surface area contributed by atoms with Crippen LogP contribution in [0.25, 0.3) is 0 Å². The highest BCUT2D eigenvalue weighted by atomic mass is 19.4. The van der Waals surface area contributed by atoms with Gasteiger partial charge in [0.15, 0.2) is 0 Å². The van der Waals surface area contributed by atoms with E-state index in [0.29, 0.717) is 13.0 Å². The summed E-state index contributed by atoms with van der Waals surface area (Å²) < 4.78 is 43.0. The summed E-state index contributed by atoms with van der Waals surface area (Å²) in [6.07, 6.45) is -3.93. The van der Waals surface area contributed by atoms with Gasteiger partial charge in [-0.1, -0.05) is 6.92 Å². The Morgan fingerprint density at radius 3 is 2.42 bits per heavy atom. The van der Waals surface area contributed by atoms with Crippen molar-refractivity contribution >= 4 is 11.9 Å². The maximum atomic E-state index is 12.7. The monoisotopic (exact) mass is 283 g/mol. The minimum Gasteiger partial charge on any atom is -0.481 e. The van der Waals surface area contributed by atoms with Crippen molar-refractivity contribution in [3.8, 4) is 0 Å². The molecule has 0 aromatic carbocycles. The molecule has 1 N–H and O–H groups in total. The van der Waals surface area contributed by atoms with E-state index in [1.165, 1.54) is 0 Å². The molecule has 0 aliphatic carbocycles. The first kappa shape index (κ1) is 15.7. The Bertz CT molecular complexity index is 345. The van der Waals surface area contributed by atoms with Crippen molar-refractivity contribution in [2.45, 2.75) is 19.5 Å². The number of carboxylic acids is 1. The van der Waals surface area contributed by atoms with Gasteiger partial charge in [-0.2, -0.15) is 13.2 Å². The van der Waals surface area contributed by atoms with Crippen molar-refractivity contribution in [3.63, 3.8) is 0 Å². The molecule has 1 saturated heterocycles. The van der Waals surface area contributed by atoms with E-state index in [1.807, 2.05) is 6.92 Å². The lowest BCUT2D eigenvalue weighted by molar-refractivity contribution is -0.188. The number of amides is 1. The Hall–Kier alpha value is -1.31. The number of hydrogen-bond acceptors (Lipinski definition) is 3. The number of carboxylic acid groups (broad SMARTS) is 1. The highest BCUT2D eigenvalue weighted by molar-refractivity contribution is 5.80. The van der Waals surface area contributed by atoms with Gasteiger partial charge in [0.1, 0.15) is 6.61 Å². The molecule has 0 radical (unpaired) electrons. The molecule has 1 rings (SSSR count). The van der Waals surface area contributed by atoms with Gasteiger partial charge in [-0.3, -0.25) is 9.59 Å². The fourth-order valence-corrected chi connectivity index (χ4v) is 1.98. The Morgan fingerprint density at radius 1 is 1.37 bits per heavy atom. The molecule has 2 atom stereocenters. The highest BCUT2D eigenvalue weighted by Gasteiger charge is 2.53. The fourth-order valence-electron chi connectivity index (χ4n) is 1.98. The van der Waals surface area contributed by atoms with Crippen LogP contribution in [0, 0.1) is 11.8 Å². The molecular formula is C11H16F3NO4. The van der Waals surface area contributed by atoms with E-state index in [4.69, 9.17) is 9.84 Å². The minimum atomic E-state index is -4.62. The Kier molecular flexibility index (Phi) is 5.16. The van der Waals surface area contributed by atoms with Crippen LogP contribution in [0.3, 0.4) is 0 Å². The number of alkyl halides is 3. The van der Waals surface area contributed by atoms with E-state index in [9.17, 15) is 22.8 Å². The summed E-state index contributed by atoms with van der Waals surface area (Å²) in [7, 11) is 0. The second kappa shape index (κ2) is 6.23. The molecule has 5 nitrogen and oxygen atoms in total. The number of nitrogens with zero attached hydrogens (tertiary/aromatic N) is 1. The number of carbonyl (C=O) groups is 2. The Balaban J connectivity index is 2.65. The molecule has 0 bridgehead atoms. The molecule has 1 amide bonds. The number of halogens is 3.